The summed E-state index contributed by atoms with van der Waals surface area (Å²) in [6.45, 7) is 3.46. The Morgan fingerprint density at radius 2 is 2.42 bits per heavy atom. The van der Waals surface area contributed by atoms with Gasteiger partial charge < -0.3 is 0 Å². The van der Waals surface area contributed by atoms with Crippen LogP contribution in [0.3, 0.4) is 0 Å². The number of thiophene rings is 1. The zero-order valence-electron chi connectivity index (χ0n) is 7.00. The highest BCUT2D eigenvalue weighted by atomic mass is 32.1. The minimum absolute atomic E-state index is 0.153. The second-order valence-electron chi connectivity index (χ2n) is 2.37. The maximum atomic E-state index is 10.4. The Morgan fingerprint density at radius 1 is 1.67 bits per heavy atom. The molecule has 1 heterocycles. The van der Waals surface area contributed by atoms with Crippen LogP contribution in [-0.4, -0.2) is 12.1 Å². The molecule has 0 spiro atoms. The highest BCUT2D eigenvalue weighted by Gasteiger charge is 1.91. The first-order valence-corrected chi connectivity index (χ1v) is 4.36. The van der Waals surface area contributed by atoms with Crippen molar-refractivity contribution in [2.45, 2.75) is 13.8 Å². The Hall–Kier alpha value is -1.16. The minimum Gasteiger partial charge on any atom is -0.274 e. The van der Waals surface area contributed by atoms with Crippen molar-refractivity contribution >= 4 is 23.5 Å². The normalized spacial score (nSPS) is 10.5. The summed E-state index contributed by atoms with van der Waals surface area (Å²) in [5, 5.41) is 3.74. The summed E-state index contributed by atoms with van der Waals surface area (Å²) in [5.41, 5.74) is 2.34. The Morgan fingerprint density at radius 3 is 2.92 bits per heavy atom. The van der Waals surface area contributed by atoms with Crippen LogP contribution in [0, 0.1) is 6.92 Å². The largest absolute Gasteiger partial charge is 0.274 e. The van der Waals surface area contributed by atoms with Crippen molar-refractivity contribution in [3.05, 3.63) is 21.9 Å². The average Bonchev–Trinajstić information content (AvgIpc) is 2.35. The van der Waals surface area contributed by atoms with E-state index in [9.17, 15) is 4.79 Å². The Kier molecular flexibility index (Phi) is 2.99. The van der Waals surface area contributed by atoms with Gasteiger partial charge in [-0.15, -0.1) is 11.3 Å². The molecule has 0 unspecified atom stereocenters. The lowest BCUT2D eigenvalue weighted by atomic mass is 10.4. The summed E-state index contributed by atoms with van der Waals surface area (Å²) in [7, 11) is 0. The molecule has 1 rings (SSSR count). The molecule has 1 aromatic rings. The molecule has 12 heavy (non-hydrogen) atoms. The van der Waals surface area contributed by atoms with Crippen LogP contribution in [0.4, 0.5) is 0 Å². The van der Waals surface area contributed by atoms with Gasteiger partial charge in [-0.2, -0.15) is 5.10 Å². The van der Waals surface area contributed by atoms with E-state index >= 15 is 0 Å². The highest BCUT2D eigenvalue weighted by molar-refractivity contribution is 7.13. The van der Waals surface area contributed by atoms with Crippen molar-refractivity contribution in [1.29, 1.82) is 0 Å². The van der Waals surface area contributed by atoms with Gasteiger partial charge in [0.15, 0.2) is 0 Å². The fourth-order valence-electron chi connectivity index (χ4n) is 0.710. The average molecular weight is 182 g/mol. The number of rotatable bonds is 2. The number of hydrogen-bond donors (Lipinski definition) is 1. The zero-order chi connectivity index (χ0) is 8.97. The first-order valence-electron chi connectivity index (χ1n) is 3.54. The van der Waals surface area contributed by atoms with Gasteiger partial charge in [0.25, 0.3) is 0 Å². The van der Waals surface area contributed by atoms with E-state index in [1.807, 2.05) is 19.1 Å². The standard InChI is InChI=1S/C8H10N2OS/c1-6-3-4-8(12-6)5-9-10-7(2)11/h3-5H,1-2H3,(H,10,11)/b9-5+. The van der Waals surface area contributed by atoms with Gasteiger partial charge in [0.2, 0.25) is 5.91 Å². The molecule has 3 nitrogen and oxygen atoms in total. The topological polar surface area (TPSA) is 41.5 Å². The van der Waals surface area contributed by atoms with Crippen molar-refractivity contribution in [2.75, 3.05) is 0 Å². The molecular weight excluding hydrogens is 172 g/mol. The van der Waals surface area contributed by atoms with Gasteiger partial charge >= 0.3 is 0 Å². The lowest BCUT2D eigenvalue weighted by Gasteiger charge is -1.88. The maximum absolute atomic E-state index is 10.4. The molecule has 0 aliphatic rings. The van der Waals surface area contributed by atoms with Gasteiger partial charge in [0.05, 0.1) is 6.21 Å². The molecule has 0 aliphatic carbocycles. The van der Waals surface area contributed by atoms with Crippen molar-refractivity contribution in [1.82, 2.24) is 5.43 Å². The molecule has 1 aromatic heterocycles. The van der Waals surface area contributed by atoms with Crippen molar-refractivity contribution in [3.63, 3.8) is 0 Å². The Bertz CT molecular complexity index is 304. The van der Waals surface area contributed by atoms with E-state index in [1.54, 1.807) is 17.6 Å². The summed E-state index contributed by atoms with van der Waals surface area (Å²) >= 11 is 1.64. The number of hydrazone groups is 1. The number of amides is 1. The summed E-state index contributed by atoms with van der Waals surface area (Å²) < 4.78 is 0. The predicted octanol–water partition coefficient (Wildman–Crippen LogP) is 1.53. The summed E-state index contributed by atoms with van der Waals surface area (Å²) in [4.78, 5) is 12.7. The molecule has 0 aromatic carbocycles. The molecule has 0 fully saturated rings. The van der Waals surface area contributed by atoms with Crippen LogP contribution in [0.2, 0.25) is 0 Å². The number of hydrogen-bond acceptors (Lipinski definition) is 3. The molecule has 0 atom stereocenters. The van der Waals surface area contributed by atoms with Gasteiger partial charge in [0, 0.05) is 16.7 Å². The smallest absolute Gasteiger partial charge is 0.236 e. The molecule has 0 saturated carbocycles. The van der Waals surface area contributed by atoms with E-state index in [1.165, 1.54) is 11.8 Å². The monoisotopic (exact) mass is 182 g/mol. The van der Waals surface area contributed by atoms with Crippen molar-refractivity contribution in [3.8, 4) is 0 Å². The zero-order valence-corrected chi connectivity index (χ0v) is 7.81. The molecule has 4 heteroatoms. The lowest BCUT2D eigenvalue weighted by molar-refractivity contribution is -0.118. The summed E-state index contributed by atoms with van der Waals surface area (Å²) in [6.07, 6.45) is 1.64. The molecule has 0 aliphatic heterocycles. The van der Waals surface area contributed by atoms with Crippen LogP contribution >= 0.6 is 11.3 Å². The van der Waals surface area contributed by atoms with E-state index < -0.39 is 0 Å². The predicted molar refractivity (Wildman–Crippen MR) is 50.5 cm³/mol. The van der Waals surface area contributed by atoms with Gasteiger partial charge in [-0.1, -0.05) is 0 Å². The van der Waals surface area contributed by atoms with Gasteiger partial charge in [-0.25, -0.2) is 5.43 Å². The van der Waals surface area contributed by atoms with Gasteiger partial charge in [-0.3, -0.25) is 4.79 Å². The molecular formula is C8H10N2OS. The van der Waals surface area contributed by atoms with Crippen LogP contribution in [0.5, 0.6) is 0 Å². The summed E-state index contributed by atoms with van der Waals surface area (Å²) in [6, 6.07) is 3.98. The van der Waals surface area contributed by atoms with Gasteiger partial charge in [-0.05, 0) is 19.1 Å². The van der Waals surface area contributed by atoms with E-state index in [0.717, 1.165) is 4.88 Å². The maximum Gasteiger partial charge on any atom is 0.236 e. The Labute approximate surface area is 75.1 Å². The van der Waals surface area contributed by atoms with E-state index in [4.69, 9.17) is 0 Å². The van der Waals surface area contributed by atoms with E-state index in [2.05, 4.69) is 10.5 Å². The fraction of sp³-hybridized carbons (Fsp3) is 0.250. The fourth-order valence-corrected chi connectivity index (χ4v) is 1.46. The number of carbonyl (C=O) groups excluding carboxylic acids is 1. The number of aryl methyl sites for hydroxylation is 1. The Balaban J connectivity index is 2.52. The molecule has 64 valence electrons. The quantitative estimate of drug-likeness (QED) is 0.547. The van der Waals surface area contributed by atoms with Crippen molar-refractivity contribution in [2.24, 2.45) is 5.10 Å². The minimum atomic E-state index is -0.153. The molecule has 0 radical (unpaired) electrons. The molecule has 1 N–H and O–H groups in total. The van der Waals surface area contributed by atoms with Crippen LogP contribution < -0.4 is 5.43 Å². The highest BCUT2D eigenvalue weighted by Crippen LogP contribution is 2.11. The third-order valence-corrected chi connectivity index (χ3v) is 2.11. The molecule has 1 amide bonds. The van der Waals surface area contributed by atoms with E-state index in [-0.39, 0.29) is 5.91 Å². The lowest BCUT2D eigenvalue weighted by Crippen LogP contribution is -2.11. The first-order chi connectivity index (χ1) is 5.68. The summed E-state index contributed by atoms with van der Waals surface area (Å²) in [5.74, 6) is -0.153. The third kappa shape index (κ3) is 2.84. The second-order valence-corrected chi connectivity index (χ2v) is 3.69. The van der Waals surface area contributed by atoms with Crippen molar-refractivity contribution < 1.29 is 4.79 Å². The van der Waals surface area contributed by atoms with Crippen LogP contribution in [0.25, 0.3) is 0 Å². The number of nitrogens with zero attached hydrogens (tertiary/aromatic N) is 1. The third-order valence-electron chi connectivity index (χ3n) is 1.17. The van der Waals surface area contributed by atoms with E-state index in [0.29, 0.717) is 0 Å². The first kappa shape index (κ1) is 8.93. The van der Waals surface area contributed by atoms with Crippen LogP contribution in [-0.2, 0) is 4.79 Å². The molecule has 0 saturated heterocycles. The number of nitrogens with one attached hydrogen (secondary N) is 1. The van der Waals surface area contributed by atoms with Crippen LogP contribution in [0.1, 0.15) is 16.7 Å². The number of carbonyl (C=O) groups is 1. The van der Waals surface area contributed by atoms with Gasteiger partial charge in [0.1, 0.15) is 0 Å². The molecule has 0 bridgehead atoms. The van der Waals surface area contributed by atoms with Crippen LogP contribution in [0.15, 0.2) is 17.2 Å². The SMILES string of the molecule is CC(=O)N/N=C/c1ccc(C)s1. The second kappa shape index (κ2) is 4.01.